The topological polar surface area (TPSA) is 96.6 Å². The quantitative estimate of drug-likeness (QED) is 0.650. The van der Waals surface area contributed by atoms with Gasteiger partial charge in [-0.3, -0.25) is 9.59 Å². The maximum absolute atomic E-state index is 12.5. The Morgan fingerprint density at radius 3 is 2.52 bits per heavy atom. The molecule has 1 heterocycles. The van der Waals surface area contributed by atoms with Crippen LogP contribution in [0.25, 0.3) is 11.0 Å². The van der Waals surface area contributed by atoms with Crippen LogP contribution >= 0.6 is 0 Å². The van der Waals surface area contributed by atoms with Crippen molar-refractivity contribution < 1.29 is 19.1 Å². The minimum atomic E-state index is -0.959. The number of benzene rings is 2. The lowest BCUT2D eigenvalue weighted by Gasteiger charge is -2.15. The molecule has 1 amide bonds. The van der Waals surface area contributed by atoms with Crippen LogP contribution in [0.2, 0.25) is 0 Å². The van der Waals surface area contributed by atoms with Gasteiger partial charge in [-0.1, -0.05) is 30.3 Å². The lowest BCUT2D eigenvalue weighted by molar-refractivity contribution is -0.137. The van der Waals surface area contributed by atoms with Crippen LogP contribution < -0.4 is 10.9 Å². The summed E-state index contributed by atoms with van der Waals surface area (Å²) in [5, 5.41) is 12.7. The highest BCUT2D eigenvalue weighted by molar-refractivity contribution is 5.94. The molecule has 1 aromatic heterocycles. The van der Waals surface area contributed by atoms with Crippen LogP contribution in [0.3, 0.4) is 0 Å². The number of carbonyl (C=O) groups is 2. The van der Waals surface area contributed by atoms with Crippen molar-refractivity contribution >= 4 is 28.5 Å². The van der Waals surface area contributed by atoms with Gasteiger partial charge in [0, 0.05) is 35.5 Å². The standard InChI is InChI=1S/C21H19NO5/c1-13-9-21(26)27-18-12-16(7-8-17(13)18)22-19(23)10-15(11-20(24)25)14-5-3-2-4-6-14/h2-9,12,15H,10-11H2,1H3,(H,22,23)(H,24,25). The molecule has 2 N–H and O–H groups in total. The van der Waals surface area contributed by atoms with E-state index in [0.29, 0.717) is 11.3 Å². The summed E-state index contributed by atoms with van der Waals surface area (Å²) in [7, 11) is 0. The van der Waals surface area contributed by atoms with Crippen LogP contribution in [-0.2, 0) is 9.59 Å². The second-order valence-electron chi connectivity index (χ2n) is 6.42. The first-order valence-electron chi connectivity index (χ1n) is 8.53. The van der Waals surface area contributed by atoms with Crippen molar-refractivity contribution in [1.29, 1.82) is 0 Å². The van der Waals surface area contributed by atoms with Gasteiger partial charge in [0.2, 0.25) is 5.91 Å². The number of carboxylic acid groups (broad SMARTS) is 1. The van der Waals surface area contributed by atoms with Crippen molar-refractivity contribution in [3.8, 4) is 0 Å². The Kier molecular flexibility index (Phi) is 5.35. The highest BCUT2D eigenvalue weighted by Gasteiger charge is 2.19. The first-order chi connectivity index (χ1) is 12.9. The molecule has 0 aliphatic rings. The minimum absolute atomic E-state index is 0.0338. The second kappa shape index (κ2) is 7.86. The fraction of sp³-hybridized carbons (Fsp3) is 0.190. The Labute approximate surface area is 155 Å². The van der Waals surface area contributed by atoms with E-state index in [2.05, 4.69) is 5.32 Å². The van der Waals surface area contributed by atoms with E-state index in [0.717, 1.165) is 16.5 Å². The fourth-order valence-electron chi connectivity index (χ4n) is 3.08. The third-order valence-corrected chi connectivity index (χ3v) is 4.36. The molecule has 0 radical (unpaired) electrons. The average Bonchev–Trinajstić information content (AvgIpc) is 2.61. The van der Waals surface area contributed by atoms with Gasteiger partial charge in [0.05, 0.1) is 6.42 Å². The highest BCUT2D eigenvalue weighted by Crippen LogP contribution is 2.25. The predicted molar refractivity (Wildman–Crippen MR) is 102 cm³/mol. The van der Waals surface area contributed by atoms with E-state index in [-0.39, 0.29) is 18.7 Å². The number of anilines is 1. The predicted octanol–water partition coefficient (Wildman–Crippen LogP) is 3.69. The van der Waals surface area contributed by atoms with Crippen molar-refractivity contribution in [2.24, 2.45) is 0 Å². The van der Waals surface area contributed by atoms with Crippen molar-refractivity contribution in [1.82, 2.24) is 0 Å². The summed E-state index contributed by atoms with van der Waals surface area (Å²) in [5.41, 5.74) is 2.03. The molecule has 0 aliphatic carbocycles. The zero-order valence-electron chi connectivity index (χ0n) is 14.8. The van der Waals surface area contributed by atoms with Gasteiger partial charge in [-0.2, -0.15) is 0 Å². The zero-order chi connectivity index (χ0) is 19.4. The number of rotatable bonds is 6. The smallest absolute Gasteiger partial charge is 0.336 e. The van der Waals surface area contributed by atoms with Gasteiger partial charge in [-0.25, -0.2) is 4.79 Å². The van der Waals surface area contributed by atoms with Gasteiger partial charge in [0.15, 0.2) is 0 Å². The van der Waals surface area contributed by atoms with E-state index in [1.165, 1.54) is 6.07 Å². The Bertz CT molecular complexity index is 1040. The van der Waals surface area contributed by atoms with E-state index in [9.17, 15) is 14.4 Å². The Balaban J connectivity index is 1.78. The molecule has 0 fully saturated rings. The lowest BCUT2D eigenvalue weighted by Crippen LogP contribution is -2.17. The molecule has 3 rings (SSSR count). The molecule has 2 aromatic carbocycles. The van der Waals surface area contributed by atoms with Gasteiger partial charge in [-0.05, 0) is 30.2 Å². The monoisotopic (exact) mass is 365 g/mol. The van der Waals surface area contributed by atoms with Crippen LogP contribution in [0.1, 0.15) is 29.9 Å². The zero-order valence-corrected chi connectivity index (χ0v) is 14.8. The molecular formula is C21H19NO5. The third kappa shape index (κ3) is 4.61. The van der Waals surface area contributed by atoms with Gasteiger partial charge in [0.25, 0.3) is 0 Å². The Morgan fingerprint density at radius 1 is 1.07 bits per heavy atom. The van der Waals surface area contributed by atoms with Crippen molar-refractivity contribution in [2.75, 3.05) is 5.32 Å². The summed E-state index contributed by atoms with van der Waals surface area (Å²) in [4.78, 5) is 35.1. The number of amides is 1. The molecule has 138 valence electrons. The number of carboxylic acids is 1. The normalized spacial score (nSPS) is 11.9. The van der Waals surface area contributed by atoms with Crippen molar-refractivity contribution in [3.05, 3.63) is 76.1 Å². The molecular weight excluding hydrogens is 346 g/mol. The van der Waals surface area contributed by atoms with Crippen molar-refractivity contribution in [3.63, 3.8) is 0 Å². The maximum atomic E-state index is 12.5. The van der Waals surface area contributed by atoms with Gasteiger partial charge < -0.3 is 14.8 Å². The number of aliphatic carboxylic acids is 1. The summed E-state index contributed by atoms with van der Waals surface area (Å²) in [6, 6.07) is 15.6. The SMILES string of the molecule is Cc1cc(=O)oc2cc(NC(=O)CC(CC(=O)O)c3ccccc3)ccc12. The highest BCUT2D eigenvalue weighted by atomic mass is 16.4. The molecule has 27 heavy (non-hydrogen) atoms. The fourth-order valence-corrected chi connectivity index (χ4v) is 3.08. The Hall–Kier alpha value is -3.41. The van der Waals surface area contributed by atoms with E-state index in [1.54, 1.807) is 18.2 Å². The summed E-state index contributed by atoms with van der Waals surface area (Å²) in [5.74, 6) is -1.69. The second-order valence-corrected chi connectivity index (χ2v) is 6.42. The number of hydrogen-bond donors (Lipinski definition) is 2. The minimum Gasteiger partial charge on any atom is -0.481 e. The molecule has 0 spiro atoms. The lowest BCUT2D eigenvalue weighted by atomic mass is 9.92. The summed E-state index contributed by atoms with van der Waals surface area (Å²) >= 11 is 0. The summed E-state index contributed by atoms with van der Waals surface area (Å²) in [6.45, 7) is 1.81. The average molecular weight is 365 g/mol. The van der Waals surface area contributed by atoms with E-state index in [4.69, 9.17) is 9.52 Å². The van der Waals surface area contributed by atoms with Crippen LogP contribution in [0.4, 0.5) is 5.69 Å². The van der Waals surface area contributed by atoms with Crippen LogP contribution in [0.15, 0.2) is 63.8 Å². The van der Waals surface area contributed by atoms with Gasteiger partial charge in [-0.15, -0.1) is 0 Å². The number of nitrogens with one attached hydrogen (secondary N) is 1. The molecule has 0 bridgehead atoms. The summed E-state index contributed by atoms with van der Waals surface area (Å²) in [6.07, 6.45) is -0.102. The molecule has 6 nitrogen and oxygen atoms in total. The van der Waals surface area contributed by atoms with E-state index < -0.39 is 17.5 Å². The Morgan fingerprint density at radius 2 is 1.81 bits per heavy atom. The van der Waals surface area contributed by atoms with Gasteiger partial charge >= 0.3 is 11.6 Å². The number of carbonyl (C=O) groups excluding carboxylic acids is 1. The molecule has 0 saturated heterocycles. The van der Waals surface area contributed by atoms with Crippen LogP contribution in [0.5, 0.6) is 0 Å². The maximum Gasteiger partial charge on any atom is 0.336 e. The molecule has 3 aromatic rings. The first kappa shape index (κ1) is 18.4. The first-order valence-corrected chi connectivity index (χ1v) is 8.53. The molecule has 1 unspecified atom stereocenters. The van der Waals surface area contributed by atoms with E-state index in [1.807, 2.05) is 37.3 Å². The third-order valence-electron chi connectivity index (χ3n) is 4.36. The van der Waals surface area contributed by atoms with E-state index >= 15 is 0 Å². The van der Waals surface area contributed by atoms with Gasteiger partial charge in [0.1, 0.15) is 5.58 Å². The molecule has 1 atom stereocenters. The van der Waals surface area contributed by atoms with Crippen molar-refractivity contribution in [2.45, 2.75) is 25.7 Å². The number of fused-ring (bicyclic) bond motifs is 1. The number of hydrogen-bond acceptors (Lipinski definition) is 4. The number of aryl methyl sites for hydroxylation is 1. The van der Waals surface area contributed by atoms with Crippen LogP contribution in [0, 0.1) is 6.92 Å². The molecule has 6 heteroatoms. The largest absolute Gasteiger partial charge is 0.481 e. The molecule has 0 aliphatic heterocycles. The summed E-state index contributed by atoms with van der Waals surface area (Å²) < 4.78 is 5.18. The molecule has 0 saturated carbocycles. The van der Waals surface area contributed by atoms with Crippen LogP contribution in [-0.4, -0.2) is 17.0 Å².